The SMILES string of the molecule is Cc1cnc2n1[C@@H](c1ccc(C#N)cc1)CC[C@H]2N1CCN(c2cccc(Cl)c2)C(=O)C1. The van der Waals surface area contributed by atoms with Crippen molar-refractivity contribution in [2.24, 2.45) is 0 Å². The molecule has 0 aliphatic carbocycles. The minimum absolute atomic E-state index is 0.0857. The van der Waals surface area contributed by atoms with Crippen molar-refractivity contribution in [1.82, 2.24) is 14.5 Å². The number of aryl methyl sites for hydroxylation is 1. The molecule has 0 N–H and O–H groups in total. The molecule has 162 valence electrons. The zero-order valence-electron chi connectivity index (χ0n) is 17.9. The van der Waals surface area contributed by atoms with Crippen LogP contribution in [0.3, 0.4) is 0 Å². The molecule has 3 heterocycles. The molecule has 0 radical (unpaired) electrons. The van der Waals surface area contributed by atoms with Crippen molar-refractivity contribution in [3.63, 3.8) is 0 Å². The van der Waals surface area contributed by atoms with Crippen LogP contribution in [0.4, 0.5) is 5.69 Å². The van der Waals surface area contributed by atoms with Gasteiger partial charge in [0.05, 0.1) is 30.3 Å². The summed E-state index contributed by atoms with van der Waals surface area (Å²) in [7, 11) is 0. The number of nitrogens with zero attached hydrogens (tertiary/aromatic N) is 5. The Balaban J connectivity index is 1.38. The normalized spacial score (nSPS) is 21.3. The smallest absolute Gasteiger partial charge is 0.241 e. The molecule has 2 aromatic carbocycles. The molecular formula is C25H24ClN5O. The van der Waals surface area contributed by atoms with Crippen LogP contribution in [0.25, 0.3) is 0 Å². The van der Waals surface area contributed by atoms with Gasteiger partial charge in [0.25, 0.3) is 0 Å². The molecule has 1 fully saturated rings. The van der Waals surface area contributed by atoms with Gasteiger partial charge in [0.15, 0.2) is 0 Å². The molecule has 1 saturated heterocycles. The fourth-order valence-corrected chi connectivity index (χ4v) is 5.19. The van der Waals surface area contributed by atoms with Gasteiger partial charge in [-0.2, -0.15) is 5.26 Å². The first-order valence-electron chi connectivity index (χ1n) is 10.9. The zero-order chi connectivity index (χ0) is 22.2. The molecule has 2 aliphatic heterocycles. The fraction of sp³-hybridized carbons (Fsp3) is 0.320. The summed E-state index contributed by atoms with van der Waals surface area (Å²) in [5.41, 5.74) is 3.82. The number of nitriles is 1. The molecule has 0 unspecified atom stereocenters. The van der Waals surface area contributed by atoms with Crippen molar-refractivity contribution in [2.75, 3.05) is 24.5 Å². The first-order valence-corrected chi connectivity index (χ1v) is 11.3. The second kappa shape index (κ2) is 8.42. The summed E-state index contributed by atoms with van der Waals surface area (Å²) < 4.78 is 2.31. The van der Waals surface area contributed by atoms with Crippen LogP contribution >= 0.6 is 11.6 Å². The number of halogens is 1. The molecule has 7 heteroatoms. The molecule has 2 aliphatic rings. The van der Waals surface area contributed by atoms with Crippen LogP contribution in [-0.2, 0) is 4.79 Å². The summed E-state index contributed by atoms with van der Waals surface area (Å²) >= 11 is 6.13. The standard InChI is InChI=1S/C25H24ClN5O/c1-17-15-28-25-23(10-9-22(31(17)25)19-7-5-18(14-27)6-8-19)29-11-12-30(24(32)16-29)21-4-2-3-20(26)13-21/h2-8,13,15,22-23H,9-12,16H2,1H3/t22-,23-/m1/s1. The Bertz CT molecular complexity index is 1200. The van der Waals surface area contributed by atoms with E-state index in [2.05, 4.69) is 22.5 Å². The van der Waals surface area contributed by atoms with E-state index in [1.807, 2.05) is 59.6 Å². The van der Waals surface area contributed by atoms with Gasteiger partial charge in [-0.3, -0.25) is 9.69 Å². The zero-order valence-corrected chi connectivity index (χ0v) is 18.7. The second-order valence-electron chi connectivity index (χ2n) is 8.47. The van der Waals surface area contributed by atoms with Crippen LogP contribution in [0, 0.1) is 18.3 Å². The first-order chi connectivity index (χ1) is 15.5. The quantitative estimate of drug-likeness (QED) is 0.595. The highest BCUT2D eigenvalue weighted by Gasteiger charge is 2.37. The van der Waals surface area contributed by atoms with Crippen molar-refractivity contribution in [3.8, 4) is 6.07 Å². The monoisotopic (exact) mass is 445 g/mol. The Morgan fingerprint density at radius 2 is 1.88 bits per heavy atom. The third-order valence-electron chi connectivity index (χ3n) is 6.57. The molecule has 0 bridgehead atoms. The predicted octanol–water partition coefficient (Wildman–Crippen LogP) is 4.49. The van der Waals surface area contributed by atoms with Crippen LogP contribution < -0.4 is 4.90 Å². The van der Waals surface area contributed by atoms with E-state index in [1.54, 1.807) is 0 Å². The Hall–Kier alpha value is -3.14. The van der Waals surface area contributed by atoms with E-state index in [-0.39, 0.29) is 18.0 Å². The number of piperazine rings is 1. The highest BCUT2D eigenvalue weighted by Crippen LogP contribution is 2.40. The number of carbonyl (C=O) groups excluding carboxylic acids is 1. The molecule has 32 heavy (non-hydrogen) atoms. The number of amides is 1. The van der Waals surface area contributed by atoms with Gasteiger partial charge in [-0.1, -0.05) is 29.8 Å². The summed E-state index contributed by atoms with van der Waals surface area (Å²) in [5, 5.41) is 9.74. The van der Waals surface area contributed by atoms with Crippen molar-refractivity contribution in [3.05, 3.63) is 82.4 Å². The molecule has 1 amide bonds. The van der Waals surface area contributed by atoms with Gasteiger partial charge in [-0.15, -0.1) is 0 Å². The minimum atomic E-state index is 0.0857. The van der Waals surface area contributed by atoms with Gasteiger partial charge in [-0.25, -0.2) is 4.98 Å². The molecule has 6 nitrogen and oxygen atoms in total. The average molecular weight is 446 g/mol. The molecule has 2 atom stereocenters. The number of carbonyl (C=O) groups is 1. The lowest BCUT2D eigenvalue weighted by atomic mass is 9.92. The third kappa shape index (κ3) is 3.68. The van der Waals surface area contributed by atoms with E-state index in [4.69, 9.17) is 21.8 Å². The van der Waals surface area contributed by atoms with E-state index < -0.39 is 0 Å². The number of hydrogen-bond donors (Lipinski definition) is 0. The topological polar surface area (TPSA) is 65.2 Å². The van der Waals surface area contributed by atoms with E-state index >= 15 is 0 Å². The van der Waals surface area contributed by atoms with Gasteiger partial charge in [0.2, 0.25) is 5.91 Å². The number of aromatic nitrogens is 2. The largest absolute Gasteiger partial charge is 0.324 e. The van der Waals surface area contributed by atoms with Crippen molar-refractivity contribution >= 4 is 23.2 Å². The van der Waals surface area contributed by atoms with Crippen LogP contribution in [-0.4, -0.2) is 40.0 Å². The lowest BCUT2D eigenvalue weighted by Crippen LogP contribution is -2.52. The fourth-order valence-electron chi connectivity index (χ4n) is 5.01. The van der Waals surface area contributed by atoms with Crippen LogP contribution in [0.1, 0.15) is 47.6 Å². The van der Waals surface area contributed by atoms with E-state index in [0.29, 0.717) is 23.7 Å². The number of hydrogen-bond acceptors (Lipinski definition) is 4. The number of benzene rings is 2. The Morgan fingerprint density at radius 1 is 1.09 bits per heavy atom. The van der Waals surface area contributed by atoms with E-state index in [9.17, 15) is 4.79 Å². The summed E-state index contributed by atoms with van der Waals surface area (Å²) in [5.74, 6) is 1.11. The van der Waals surface area contributed by atoms with Crippen molar-refractivity contribution in [2.45, 2.75) is 31.8 Å². The van der Waals surface area contributed by atoms with Gasteiger partial charge in [-0.05, 0) is 55.7 Å². The summed E-state index contributed by atoms with van der Waals surface area (Å²) in [6.07, 6.45) is 3.82. The van der Waals surface area contributed by atoms with E-state index in [1.165, 1.54) is 5.56 Å². The van der Waals surface area contributed by atoms with Crippen LogP contribution in [0.15, 0.2) is 54.7 Å². The number of imidazole rings is 1. The highest BCUT2D eigenvalue weighted by molar-refractivity contribution is 6.30. The van der Waals surface area contributed by atoms with E-state index in [0.717, 1.165) is 36.6 Å². The van der Waals surface area contributed by atoms with Crippen LogP contribution in [0.5, 0.6) is 0 Å². The first kappa shape index (κ1) is 20.7. The highest BCUT2D eigenvalue weighted by atomic mass is 35.5. The number of anilines is 1. The Kier molecular flexibility index (Phi) is 5.46. The molecule has 1 aromatic heterocycles. The van der Waals surface area contributed by atoms with Crippen LogP contribution in [0.2, 0.25) is 5.02 Å². The molecule has 5 rings (SSSR count). The number of rotatable bonds is 3. The lowest BCUT2D eigenvalue weighted by Gasteiger charge is -2.42. The van der Waals surface area contributed by atoms with Crippen molar-refractivity contribution < 1.29 is 4.79 Å². The third-order valence-corrected chi connectivity index (χ3v) is 6.80. The molecule has 3 aromatic rings. The summed E-state index contributed by atoms with van der Waals surface area (Å²) in [4.78, 5) is 21.9. The Morgan fingerprint density at radius 3 is 2.59 bits per heavy atom. The van der Waals surface area contributed by atoms with Gasteiger partial charge in [0.1, 0.15) is 5.82 Å². The predicted molar refractivity (Wildman–Crippen MR) is 124 cm³/mol. The molecular weight excluding hydrogens is 422 g/mol. The average Bonchev–Trinajstić information content (AvgIpc) is 3.20. The minimum Gasteiger partial charge on any atom is -0.324 e. The second-order valence-corrected chi connectivity index (χ2v) is 8.90. The summed E-state index contributed by atoms with van der Waals surface area (Å²) in [6.45, 7) is 3.87. The van der Waals surface area contributed by atoms with Gasteiger partial charge in [0, 0.05) is 35.7 Å². The number of fused-ring (bicyclic) bond motifs is 1. The summed E-state index contributed by atoms with van der Waals surface area (Å²) in [6, 6.07) is 17.8. The maximum atomic E-state index is 13.0. The lowest BCUT2D eigenvalue weighted by molar-refractivity contribution is -0.122. The molecule has 0 spiro atoms. The van der Waals surface area contributed by atoms with Crippen molar-refractivity contribution in [1.29, 1.82) is 5.26 Å². The Labute approximate surface area is 192 Å². The maximum absolute atomic E-state index is 13.0. The maximum Gasteiger partial charge on any atom is 0.241 e. The van der Waals surface area contributed by atoms with Gasteiger partial charge >= 0.3 is 0 Å². The molecule has 0 saturated carbocycles. The van der Waals surface area contributed by atoms with Gasteiger partial charge < -0.3 is 9.47 Å².